The van der Waals surface area contributed by atoms with Gasteiger partial charge in [0.15, 0.2) is 0 Å². The fourth-order valence-corrected chi connectivity index (χ4v) is 2.22. The molecule has 0 N–H and O–H groups in total. The minimum absolute atomic E-state index is 0.324. The van der Waals surface area contributed by atoms with Gasteiger partial charge in [0.25, 0.3) is 0 Å². The Kier molecular flexibility index (Phi) is 4.40. The van der Waals surface area contributed by atoms with Gasteiger partial charge in [-0.3, -0.25) is 0 Å². The lowest BCUT2D eigenvalue weighted by Crippen LogP contribution is -2.18. The van der Waals surface area contributed by atoms with Gasteiger partial charge in [0.05, 0.1) is 7.11 Å². The first-order valence-corrected chi connectivity index (χ1v) is 6.13. The minimum atomic E-state index is 0.324. The van der Waals surface area contributed by atoms with Crippen LogP contribution in [0.3, 0.4) is 0 Å². The summed E-state index contributed by atoms with van der Waals surface area (Å²) < 4.78 is 5.19. The summed E-state index contributed by atoms with van der Waals surface area (Å²) in [5.41, 5.74) is 1.75. The van der Waals surface area contributed by atoms with Gasteiger partial charge >= 0.3 is 0 Å². The first-order valence-electron chi connectivity index (χ1n) is 6.13. The van der Waals surface area contributed by atoms with Crippen molar-refractivity contribution >= 4 is 0 Å². The second kappa shape index (κ2) is 5.38. The molecule has 0 aromatic heterocycles. The van der Waals surface area contributed by atoms with Crippen molar-refractivity contribution in [3.8, 4) is 5.75 Å². The maximum absolute atomic E-state index is 5.19. The Hall–Kier alpha value is -0.980. The Labute approximate surface area is 99.8 Å². The number of hydrogen-bond donors (Lipinski definition) is 0. The first kappa shape index (κ1) is 13.1. The van der Waals surface area contributed by atoms with Crippen molar-refractivity contribution < 1.29 is 4.74 Å². The van der Waals surface area contributed by atoms with Crippen LogP contribution < -0.4 is 4.74 Å². The van der Waals surface area contributed by atoms with Gasteiger partial charge in [-0.15, -0.1) is 0 Å². The summed E-state index contributed by atoms with van der Waals surface area (Å²) in [7, 11) is 1.71. The van der Waals surface area contributed by atoms with E-state index in [9.17, 15) is 0 Å². The van der Waals surface area contributed by atoms with E-state index < -0.39 is 0 Å². The summed E-state index contributed by atoms with van der Waals surface area (Å²) in [6.45, 7) is 9.20. The van der Waals surface area contributed by atoms with Crippen molar-refractivity contribution in [1.82, 2.24) is 0 Å². The molecule has 1 aromatic carbocycles. The Morgan fingerprint density at radius 1 is 1.12 bits per heavy atom. The summed E-state index contributed by atoms with van der Waals surface area (Å²) in [6.07, 6.45) is 2.48. The van der Waals surface area contributed by atoms with Crippen molar-refractivity contribution in [1.29, 1.82) is 0 Å². The normalized spacial score (nSPS) is 13.6. The van der Waals surface area contributed by atoms with Crippen LogP contribution in [0.15, 0.2) is 24.3 Å². The molecule has 16 heavy (non-hydrogen) atoms. The predicted octanol–water partition coefficient (Wildman–Crippen LogP) is 4.63. The minimum Gasteiger partial charge on any atom is -0.497 e. The molecule has 1 aromatic rings. The van der Waals surface area contributed by atoms with Gasteiger partial charge in [-0.25, -0.2) is 0 Å². The van der Waals surface area contributed by atoms with E-state index in [2.05, 4.69) is 52.0 Å². The summed E-state index contributed by atoms with van der Waals surface area (Å²) in [4.78, 5) is 0. The van der Waals surface area contributed by atoms with E-state index in [4.69, 9.17) is 4.74 Å². The average Bonchev–Trinajstić information content (AvgIpc) is 2.25. The summed E-state index contributed by atoms with van der Waals surface area (Å²) in [6, 6.07) is 8.52. The molecular weight excluding hydrogens is 196 g/mol. The molecule has 0 heterocycles. The van der Waals surface area contributed by atoms with Crippen molar-refractivity contribution in [3.63, 3.8) is 0 Å². The largest absolute Gasteiger partial charge is 0.497 e. The highest BCUT2D eigenvalue weighted by Gasteiger charge is 2.25. The second-order valence-corrected chi connectivity index (χ2v) is 5.48. The number of hydrogen-bond acceptors (Lipinski definition) is 1. The quantitative estimate of drug-likeness (QED) is 0.719. The molecule has 0 saturated carbocycles. The average molecular weight is 220 g/mol. The van der Waals surface area contributed by atoms with Gasteiger partial charge < -0.3 is 4.74 Å². The molecule has 1 nitrogen and oxygen atoms in total. The lowest BCUT2D eigenvalue weighted by Gasteiger charge is -2.31. The molecule has 0 amide bonds. The van der Waals surface area contributed by atoms with E-state index in [-0.39, 0.29) is 0 Å². The van der Waals surface area contributed by atoms with Crippen molar-refractivity contribution in [3.05, 3.63) is 29.8 Å². The van der Waals surface area contributed by atoms with Crippen LogP contribution in [0, 0.1) is 5.41 Å². The van der Waals surface area contributed by atoms with E-state index in [1.54, 1.807) is 7.11 Å². The fraction of sp³-hybridized carbons (Fsp3) is 0.600. The summed E-state index contributed by atoms with van der Waals surface area (Å²) in [5.74, 6) is 1.57. The maximum Gasteiger partial charge on any atom is 0.118 e. The molecule has 0 saturated heterocycles. The highest BCUT2D eigenvalue weighted by Crippen LogP contribution is 2.38. The molecule has 0 aliphatic rings. The van der Waals surface area contributed by atoms with Crippen LogP contribution in [0.4, 0.5) is 0 Å². The molecule has 90 valence electrons. The Bertz CT molecular complexity index is 305. The molecule has 0 fully saturated rings. The van der Waals surface area contributed by atoms with Crippen LogP contribution >= 0.6 is 0 Å². The van der Waals surface area contributed by atoms with Crippen LogP contribution in [0.2, 0.25) is 0 Å². The second-order valence-electron chi connectivity index (χ2n) is 5.48. The molecule has 0 spiro atoms. The molecule has 0 radical (unpaired) electrons. The van der Waals surface area contributed by atoms with Crippen molar-refractivity contribution in [2.24, 2.45) is 5.41 Å². The zero-order chi connectivity index (χ0) is 12.2. The third-order valence-electron chi connectivity index (χ3n) is 3.14. The van der Waals surface area contributed by atoms with Crippen LogP contribution in [0.25, 0.3) is 0 Å². The third-order valence-corrected chi connectivity index (χ3v) is 3.14. The Morgan fingerprint density at radius 2 is 1.69 bits per heavy atom. The Balaban J connectivity index is 2.93. The van der Waals surface area contributed by atoms with Gasteiger partial charge in [0.2, 0.25) is 0 Å². The lowest BCUT2D eigenvalue weighted by molar-refractivity contribution is 0.302. The zero-order valence-electron chi connectivity index (χ0n) is 11.2. The van der Waals surface area contributed by atoms with E-state index >= 15 is 0 Å². The molecule has 1 heteroatoms. The summed E-state index contributed by atoms with van der Waals surface area (Å²) in [5, 5.41) is 0. The summed E-state index contributed by atoms with van der Waals surface area (Å²) >= 11 is 0. The van der Waals surface area contributed by atoms with E-state index in [0.717, 1.165) is 5.75 Å². The van der Waals surface area contributed by atoms with Crippen LogP contribution in [-0.4, -0.2) is 7.11 Å². The SMILES string of the molecule is CCCC(c1ccc(OC)cc1)C(C)(C)C. The highest BCUT2D eigenvalue weighted by atomic mass is 16.5. The monoisotopic (exact) mass is 220 g/mol. The highest BCUT2D eigenvalue weighted by molar-refractivity contribution is 5.30. The molecule has 1 atom stereocenters. The molecule has 0 aliphatic heterocycles. The van der Waals surface area contributed by atoms with Crippen LogP contribution in [-0.2, 0) is 0 Å². The topological polar surface area (TPSA) is 9.23 Å². The van der Waals surface area contributed by atoms with Gasteiger partial charge in [-0.2, -0.15) is 0 Å². The van der Waals surface area contributed by atoms with Gasteiger partial charge in [0, 0.05) is 0 Å². The van der Waals surface area contributed by atoms with Gasteiger partial charge in [-0.1, -0.05) is 46.2 Å². The smallest absolute Gasteiger partial charge is 0.118 e. The van der Waals surface area contributed by atoms with E-state index in [1.165, 1.54) is 18.4 Å². The zero-order valence-corrected chi connectivity index (χ0v) is 11.2. The van der Waals surface area contributed by atoms with E-state index in [1.807, 2.05) is 0 Å². The number of methoxy groups -OCH3 is 1. The van der Waals surface area contributed by atoms with Gasteiger partial charge in [-0.05, 0) is 35.4 Å². The number of benzene rings is 1. The number of ether oxygens (including phenoxy) is 1. The third kappa shape index (κ3) is 3.26. The maximum atomic E-state index is 5.19. The molecule has 1 rings (SSSR count). The molecule has 0 aliphatic carbocycles. The molecular formula is C15H24O. The lowest BCUT2D eigenvalue weighted by atomic mass is 9.74. The molecule has 1 unspecified atom stereocenters. The standard InChI is InChI=1S/C15H24O/c1-6-7-14(15(2,3)4)12-8-10-13(16-5)11-9-12/h8-11,14H,6-7H2,1-5H3. The van der Waals surface area contributed by atoms with Crippen LogP contribution in [0.1, 0.15) is 52.0 Å². The Morgan fingerprint density at radius 3 is 2.06 bits per heavy atom. The van der Waals surface area contributed by atoms with Crippen LogP contribution in [0.5, 0.6) is 5.75 Å². The fourth-order valence-electron chi connectivity index (χ4n) is 2.22. The molecule has 0 bridgehead atoms. The number of rotatable bonds is 4. The van der Waals surface area contributed by atoms with E-state index in [0.29, 0.717) is 11.3 Å². The van der Waals surface area contributed by atoms with Gasteiger partial charge in [0.1, 0.15) is 5.75 Å². The van der Waals surface area contributed by atoms with Crippen molar-refractivity contribution in [2.75, 3.05) is 7.11 Å². The van der Waals surface area contributed by atoms with Crippen molar-refractivity contribution in [2.45, 2.75) is 46.5 Å². The predicted molar refractivity (Wildman–Crippen MR) is 70.1 cm³/mol. The first-order chi connectivity index (χ1) is 7.49.